The minimum absolute atomic E-state index is 0.0918. The molecule has 0 saturated heterocycles. The van der Waals surface area contributed by atoms with Gasteiger partial charge in [0.25, 0.3) is 0 Å². The highest BCUT2D eigenvalue weighted by Gasteiger charge is 2.33. The van der Waals surface area contributed by atoms with Gasteiger partial charge in [-0.05, 0) is 49.1 Å². The molecule has 2 atom stereocenters. The Kier molecular flexibility index (Phi) is 8.91. The molecule has 4 rings (SSSR count). The summed E-state index contributed by atoms with van der Waals surface area (Å²) in [6, 6.07) is 20.7. The van der Waals surface area contributed by atoms with E-state index in [9.17, 15) is 9.35 Å². The van der Waals surface area contributed by atoms with E-state index < -0.39 is 17.3 Å². The first-order valence-electron chi connectivity index (χ1n) is 12.4. The van der Waals surface area contributed by atoms with Gasteiger partial charge in [0.2, 0.25) is 0 Å². The summed E-state index contributed by atoms with van der Waals surface area (Å²) in [5.41, 5.74) is 4.16. The monoisotopic (exact) mass is 506 g/mol. The number of hydrogen-bond acceptors (Lipinski definition) is 6. The zero-order valence-corrected chi connectivity index (χ0v) is 22.0. The molecular formula is C29H34N2O4S. The lowest BCUT2D eigenvalue weighted by molar-refractivity contribution is 0.0729. The highest BCUT2D eigenvalue weighted by atomic mass is 32.2. The van der Waals surface area contributed by atoms with Crippen molar-refractivity contribution in [3.63, 3.8) is 0 Å². The maximum Gasteiger partial charge on any atom is 0.347 e. The summed E-state index contributed by atoms with van der Waals surface area (Å²) in [6.07, 6.45) is 2.72. The molecule has 0 aromatic heterocycles. The van der Waals surface area contributed by atoms with Gasteiger partial charge >= 0.3 is 5.97 Å². The smallest absolute Gasteiger partial charge is 0.347 e. The zero-order chi connectivity index (χ0) is 25.5. The van der Waals surface area contributed by atoms with Crippen molar-refractivity contribution in [1.29, 1.82) is 0 Å². The van der Waals surface area contributed by atoms with Crippen LogP contribution in [0.5, 0.6) is 11.5 Å². The van der Waals surface area contributed by atoms with E-state index in [2.05, 4.69) is 16.5 Å². The number of esters is 1. The number of fused-ring (bicyclic) bond motifs is 1. The van der Waals surface area contributed by atoms with Crippen molar-refractivity contribution in [3.8, 4) is 11.5 Å². The van der Waals surface area contributed by atoms with Crippen LogP contribution in [-0.4, -0.2) is 29.9 Å². The van der Waals surface area contributed by atoms with Crippen molar-refractivity contribution < 1.29 is 18.8 Å². The van der Waals surface area contributed by atoms with Crippen LogP contribution in [0.1, 0.15) is 59.3 Å². The number of nitrogens with one attached hydrogen (secondary N) is 1. The molecule has 0 spiro atoms. The number of unbranched alkanes of at least 4 members (excludes halogenated alkanes) is 1. The van der Waals surface area contributed by atoms with E-state index in [1.165, 1.54) is 0 Å². The van der Waals surface area contributed by atoms with Gasteiger partial charge in [0.15, 0.2) is 0 Å². The summed E-state index contributed by atoms with van der Waals surface area (Å²) in [4.78, 5) is 15.6. The molecule has 190 valence electrons. The maximum absolute atomic E-state index is 13.5. The maximum atomic E-state index is 13.5. The lowest BCUT2D eigenvalue weighted by Crippen LogP contribution is -2.38. The van der Waals surface area contributed by atoms with Crippen LogP contribution < -0.4 is 19.1 Å². The lowest BCUT2D eigenvalue weighted by atomic mass is 9.91. The van der Waals surface area contributed by atoms with Crippen LogP contribution in [0.15, 0.2) is 66.7 Å². The summed E-state index contributed by atoms with van der Waals surface area (Å²) in [6.45, 7) is 5.13. The Labute approximate surface area is 216 Å². The van der Waals surface area contributed by atoms with Crippen LogP contribution >= 0.6 is 0 Å². The first-order chi connectivity index (χ1) is 17.5. The highest BCUT2D eigenvalue weighted by molar-refractivity contribution is 7.89. The van der Waals surface area contributed by atoms with Gasteiger partial charge in [-0.25, -0.2) is 4.79 Å². The number of anilines is 1. The molecule has 6 nitrogen and oxygen atoms in total. The van der Waals surface area contributed by atoms with Gasteiger partial charge in [0, 0.05) is 36.2 Å². The average Bonchev–Trinajstić information content (AvgIpc) is 2.88. The van der Waals surface area contributed by atoms with E-state index in [0.717, 1.165) is 48.2 Å². The molecule has 3 aromatic carbocycles. The number of carbonyl (C=O) groups is 1. The fourth-order valence-corrected chi connectivity index (χ4v) is 5.76. The molecule has 1 heterocycles. The van der Waals surface area contributed by atoms with Gasteiger partial charge < -0.3 is 18.9 Å². The van der Waals surface area contributed by atoms with Gasteiger partial charge in [-0.15, -0.1) is 4.72 Å². The molecule has 0 saturated carbocycles. The number of ether oxygens (including phenoxy) is 2. The topological polar surface area (TPSA) is 73.9 Å². The third-order valence-electron chi connectivity index (χ3n) is 6.40. The molecular weight excluding hydrogens is 472 g/mol. The molecule has 36 heavy (non-hydrogen) atoms. The standard InChI is InChI=1S/C29H34N2O4S/c1-4-5-18-36(33)30-25-16-17-31(3)28-21(2)27(29(32)35-23-14-10-7-11-15-23)26(19-24(25)28)34-20-22-12-8-6-9-13-22/h6-15,19,25,30H,4-5,16-18,20H2,1-3H3. The average molecular weight is 507 g/mol. The second-order valence-electron chi connectivity index (χ2n) is 9.07. The predicted molar refractivity (Wildman–Crippen MR) is 145 cm³/mol. The Balaban J connectivity index is 1.72. The van der Waals surface area contributed by atoms with Crippen molar-refractivity contribution >= 4 is 23.0 Å². The van der Waals surface area contributed by atoms with Crippen molar-refractivity contribution in [2.24, 2.45) is 0 Å². The minimum Gasteiger partial charge on any atom is -0.598 e. The molecule has 1 aliphatic heterocycles. The van der Waals surface area contributed by atoms with E-state index in [-0.39, 0.29) is 6.04 Å². The van der Waals surface area contributed by atoms with Crippen LogP contribution in [0.4, 0.5) is 5.69 Å². The molecule has 0 bridgehead atoms. The number of rotatable bonds is 10. The third-order valence-corrected chi connectivity index (χ3v) is 7.61. The SMILES string of the molecule is CCCC[S+]([O-])NC1CCN(C)c2c1cc(OCc1ccccc1)c(C(=O)Oc1ccccc1)c2C. The number of benzene rings is 3. The number of hydrogen-bond donors (Lipinski definition) is 1. The molecule has 0 aliphatic carbocycles. The Morgan fingerprint density at radius 2 is 1.83 bits per heavy atom. The normalized spacial score (nSPS) is 15.8. The molecule has 0 amide bonds. The Hall–Kier alpha value is -3.00. The largest absolute Gasteiger partial charge is 0.598 e. The van der Waals surface area contributed by atoms with Crippen LogP contribution in [0.3, 0.4) is 0 Å². The molecule has 7 heteroatoms. The van der Waals surface area contributed by atoms with E-state index in [4.69, 9.17) is 9.47 Å². The number of nitrogens with zero attached hydrogens (tertiary/aromatic N) is 1. The van der Waals surface area contributed by atoms with Crippen molar-refractivity contribution in [1.82, 2.24) is 4.72 Å². The van der Waals surface area contributed by atoms with Crippen molar-refractivity contribution in [2.75, 3.05) is 24.2 Å². The van der Waals surface area contributed by atoms with Gasteiger partial charge in [-0.2, -0.15) is 0 Å². The Bertz CT molecular complexity index is 1160. The van der Waals surface area contributed by atoms with Crippen LogP contribution in [0.2, 0.25) is 0 Å². The summed E-state index contributed by atoms with van der Waals surface area (Å²) >= 11 is -1.12. The van der Waals surface area contributed by atoms with Crippen LogP contribution in [0.25, 0.3) is 0 Å². The second kappa shape index (κ2) is 12.3. The Morgan fingerprint density at radius 1 is 1.14 bits per heavy atom. The number of carbonyl (C=O) groups excluding carboxylic acids is 1. The van der Waals surface area contributed by atoms with Crippen molar-refractivity contribution in [3.05, 3.63) is 89.0 Å². The fourth-order valence-electron chi connectivity index (χ4n) is 4.53. The van der Waals surface area contributed by atoms with Crippen LogP contribution in [0, 0.1) is 6.92 Å². The first-order valence-corrected chi connectivity index (χ1v) is 13.8. The second-order valence-corrected chi connectivity index (χ2v) is 10.4. The molecule has 1 aliphatic rings. The quantitative estimate of drug-likeness (QED) is 0.215. The third kappa shape index (κ3) is 6.22. The fraction of sp³-hybridized carbons (Fsp3) is 0.345. The summed E-state index contributed by atoms with van der Waals surface area (Å²) < 4.78 is 28.0. The van der Waals surface area contributed by atoms with Crippen molar-refractivity contribution in [2.45, 2.75) is 45.8 Å². The van der Waals surface area contributed by atoms with Gasteiger partial charge in [-0.3, -0.25) is 0 Å². The van der Waals surface area contributed by atoms with E-state index >= 15 is 0 Å². The predicted octanol–water partition coefficient (Wildman–Crippen LogP) is 5.73. The molecule has 2 unspecified atom stereocenters. The minimum atomic E-state index is -1.12. The van der Waals surface area contributed by atoms with Gasteiger partial charge in [0.1, 0.15) is 29.4 Å². The van der Waals surface area contributed by atoms with E-state index in [0.29, 0.717) is 29.4 Å². The van der Waals surface area contributed by atoms with E-state index in [1.807, 2.05) is 68.6 Å². The van der Waals surface area contributed by atoms with Crippen LogP contribution in [-0.2, 0) is 18.0 Å². The Morgan fingerprint density at radius 3 is 2.53 bits per heavy atom. The van der Waals surface area contributed by atoms with Gasteiger partial charge in [0.05, 0.1) is 6.04 Å². The number of para-hydroxylation sites is 1. The van der Waals surface area contributed by atoms with E-state index in [1.54, 1.807) is 12.1 Å². The molecule has 3 aromatic rings. The lowest BCUT2D eigenvalue weighted by Gasteiger charge is -2.35. The first kappa shape index (κ1) is 26.1. The summed E-state index contributed by atoms with van der Waals surface area (Å²) in [5, 5.41) is 0. The summed E-state index contributed by atoms with van der Waals surface area (Å²) in [5.74, 6) is 1.11. The molecule has 1 N–H and O–H groups in total. The highest BCUT2D eigenvalue weighted by Crippen LogP contribution is 2.42. The summed E-state index contributed by atoms with van der Waals surface area (Å²) in [7, 11) is 2.02. The van der Waals surface area contributed by atoms with Gasteiger partial charge in [-0.1, -0.05) is 61.9 Å². The zero-order valence-electron chi connectivity index (χ0n) is 21.2. The molecule has 0 fully saturated rings. The molecule has 0 radical (unpaired) electrons.